The van der Waals surface area contributed by atoms with Gasteiger partial charge in [0.2, 0.25) is 0 Å². The molecule has 15 heteroatoms. The highest BCUT2D eigenvalue weighted by Gasteiger charge is 2.49. The van der Waals surface area contributed by atoms with Crippen molar-refractivity contribution in [2.45, 2.75) is 168 Å². The maximum absolute atomic E-state index is 17.8. The maximum atomic E-state index is 17.8. The molecule has 2 aromatic heterocycles. The predicted octanol–water partition coefficient (Wildman–Crippen LogP) is 12.3. The molecule has 0 bridgehead atoms. The third kappa shape index (κ3) is 9.61. The van der Waals surface area contributed by atoms with Crippen LogP contribution >= 0.6 is 22.9 Å². The van der Waals surface area contributed by atoms with Crippen LogP contribution in [-0.2, 0) is 9.53 Å². The van der Waals surface area contributed by atoms with E-state index in [0.29, 0.717) is 57.8 Å². The van der Waals surface area contributed by atoms with E-state index < -0.39 is 29.4 Å². The molecule has 4 aromatic rings. The SMILES string of the molecule is CCCCCCCCCCCC(=O)OCN/C(C)=C(/C)[C@@H](C)N1c2nc(OC[C@@]34CCCN3C[C@H](F)C4)nc3c(F)c(-c4ccc(F)c5sc(N)c(C)c45)c(Cl)c(c23)OC(C)C1CC. The summed E-state index contributed by atoms with van der Waals surface area (Å²) in [6, 6.07) is 2.11. The first-order valence-electron chi connectivity index (χ1n) is 23.4. The summed E-state index contributed by atoms with van der Waals surface area (Å²) >= 11 is 8.43. The number of carbonyl (C=O) groups is 1. The number of nitrogens with one attached hydrogen (secondary N) is 1. The van der Waals surface area contributed by atoms with E-state index in [2.05, 4.69) is 29.0 Å². The lowest BCUT2D eigenvalue weighted by Gasteiger charge is -2.39. The number of ether oxygens (including phenoxy) is 3. The minimum Gasteiger partial charge on any atom is -0.486 e. The summed E-state index contributed by atoms with van der Waals surface area (Å²) in [7, 11) is 0. The highest BCUT2D eigenvalue weighted by atomic mass is 35.5. The molecule has 5 atom stereocenters. The number of aryl methyl sites for hydroxylation is 1. The molecule has 7 rings (SSSR count). The molecule has 5 heterocycles. The van der Waals surface area contributed by atoms with Crippen molar-refractivity contribution < 1.29 is 32.2 Å². The van der Waals surface area contributed by atoms with Crippen LogP contribution in [0, 0.1) is 18.6 Å². The number of hydrogen-bond acceptors (Lipinski definition) is 11. The Kier molecular flexibility index (Phi) is 15.5. The summed E-state index contributed by atoms with van der Waals surface area (Å²) in [4.78, 5) is 26.8. The fourth-order valence-corrected chi connectivity index (χ4v) is 11.5. The van der Waals surface area contributed by atoms with E-state index in [4.69, 9.17) is 41.5 Å². The molecule has 2 fully saturated rings. The Labute approximate surface area is 385 Å². The Morgan fingerprint density at radius 3 is 2.53 bits per heavy atom. The monoisotopic (exact) mass is 926 g/mol. The molecule has 10 nitrogen and oxygen atoms in total. The molecule has 3 N–H and O–H groups in total. The van der Waals surface area contributed by atoms with Gasteiger partial charge in [0.1, 0.15) is 36.0 Å². The van der Waals surface area contributed by atoms with Gasteiger partial charge in [0.15, 0.2) is 18.3 Å². The van der Waals surface area contributed by atoms with Crippen LogP contribution in [0.25, 0.3) is 32.1 Å². The number of nitrogens with two attached hydrogens (primary N) is 1. The van der Waals surface area contributed by atoms with Crippen molar-refractivity contribution in [1.29, 1.82) is 0 Å². The largest absolute Gasteiger partial charge is 0.486 e. The van der Waals surface area contributed by atoms with Crippen molar-refractivity contribution in [2.24, 2.45) is 0 Å². The lowest BCUT2D eigenvalue weighted by molar-refractivity contribution is -0.144. The zero-order chi connectivity index (χ0) is 45.9. The average Bonchev–Trinajstić information content (AvgIpc) is 3.88. The van der Waals surface area contributed by atoms with Crippen molar-refractivity contribution >= 4 is 60.7 Å². The molecule has 2 saturated heterocycles. The minimum atomic E-state index is -0.965. The molecule has 3 aliphatic rings. The number of allylic oxidation sites excluding steroid dienone is 1. The number of carbonyl (C=O) groups excluding carboxylic acids is 1. The molecule has 0 saturated carbocycles. The zero-order valence-corrected chi connectivity index (χ0v) is 40.2. The van der Waals surface area contributed by atoms with Crippen molar-refractivity contribution in [1.82, 2.24) is 20.2 Å². The van der Waals surface area contributed by atoms with Crippen LogP contribution in [-0.4, -0.2) is 77.2 Å². The predicted molar refractivity (Wildman–Crippen MR) is 253 cm³/mol. The fraction of sp³-hybridized carbons (Fsp3) is 0.612. The Morgan fingerprint density at radius 1 is 1.09 bits per heavy atom. The second kappa shape index (κ2) is 20.7. The van der Waals surface area contributed by atoms with E-state index in [-0.39, 0.29) is 64.6 Å². The van der Waals surface area contributed by atoms with E-state index in [9.17, 15) is 9.18 Å². The zero-order valence-electron chi connectivity index (χ0n) is 38.6. The Morgan fingerprint density at radius 2 is 1.81 bits per heavy atom. The van der Waals surface area contributed by atoms with E-state index >= 15 is 8.78 Å². The minimum absolute atomic E-state index is 0.00608. The number of hydrogen-bond donors (Lipinski definition) is 2. The molecule has 350 valence electrons. The van der Waals surface area contributed by atoms with Gasteiger partial charge >= 0.3 is 12.0 Å². The molecule has 0 amide bonds. The molecule has 0 radical (unpaired) electrons. The molecule has 0 aliphatic carbocycles. The summed E-state index contributed by atoms with van der Waals surface area (Å²) in [5.41, 5.74) is 8.46. The van der Waals surface area contributed by atoms with E-state index in [1.807, 2.05) is 27.7 Å². The van der Waals surface area contributed by atoms with Crippen LogP contribution in [0.2, 0.25) is 5.02 Å². The average molecular weight is 928 g/mol. The quantitative estimate of drug-likeness (QED) is 0.0504. The smallest absolute Gasteiger partial charge is 0.319 e. The number of benzene rings is 2. The first-order chi connectivity index (χ1) is 30.7. The van der Waals surface area contributed by atoms with Gasteiger partial charge in [-0.3, -0.25) is 9.69 Å². The third-order valence-corrected chi connectivity index (χ3v) is 15.6. The van der Waals surface area contributed by atoms with Gasteiger partial charge in [-0.15, -0.1) is 11.3 Å². The Hall–Kier alpha value is -4.01. The molecular weight excluding hydrogens is 861 g/mol. The van der Waals surface area contributed by atoms with E-state index in [1.54, 1.807) is 6.92 Å². The second-order valence-electron chi connectivity index (χ2n) is 18.2. The summed E-state index contributed by atoms with van der Waals surface area (Å²) < 4.78 is 67.1. The van der Waals surface area contributed by atoms with Crippen LogP contribution in [0.15, 0.2) is 23.4 Å². The standard InChI is InChI=1S/C49H66ClF3N6O4S/c1-8-10-11-12-13-14-15-16-17-19-37(60)62-27-55-30(5)28(3)31(6)59-36(9-2)32(7)63-44-40-43(56-48(57-47(40)59)61-26-49-22-18-23-58(49)25-33(51)24-49)42(53)39(41(44)50)34-20-21-35(52)45-38(34)29(4)46(54)64-45/h20-21,31-33,36,55H,8-19,22-27,54H2,1-7H3/b30-28-/t31-,32?,33-,36?,49+/m1/s1. The fourth-order valence-electron chi connectivity index (χ4n) is 10.2. The second-order valence-corrected chi connectivity index (χ2v) is 19.7. The van der Waals surface area contributed by atoms with Gasteiger partial charge in [-0.05, 0) is 89.6 Å². The first kappa shape index (κ1) is 47.9. The lowest BCUT2D eigenvalue weighted by atomic mass is 9.95. The van der Waals surface area contributed by atoms with Gasteiger partial charge in [0.25, 0.3) is 0 Å². The number of nitrogen functional groups attached to an aromatic ring is 1. The summed E-state index contributed by atoms with van der Waals surface area (Å²) in [5, 5.41) is 4.46. The first-order valence-corrected chi connectivity index (χ1v) is 24.6. The number of unbranched alkanes of at least 4 members (excludes halogenated alkanes) is 8. The Balaban J connectivity index is 1.22. The number of thiophene rings is 1. The van der Waals surface area contributed by atoms with Crippen LogP contribution in [0.3, 0.4) is 0 Å². The van der Waals surface area contributed by atoms with Gasteiger partial charge in [-0.25, -0.2) is 13.2 Å². The van der Waals surface area contributed by atoms with Crippen molar-refractivity contribution in [3.8, 4) is 22.9 Å². The normalized spacial score (nSPS) is 21.8. The number of alkyl halides is 1. The Bertz CT molecular complexity index is 2360. The van der Waals surface area contributed by atoms with Crippen molar-refractivity contribution in [3.63, 3.8) is 0 Å². The van der Waals surface area contributed by atoms with Gasteiger partial charge in [-0.2, -0.15) is 9.97 Å². The van der Waals surface area contributed by atoms with Crippen LogP contribution in [0.1, 0.15) is 137 Å². The highest BCUT2D eigenvalue weighted by Crippen LogP contribution is 2.52. The topological polar surface area (TPSA) is 115 Å². The summed E-state index contributed by atoms with van der Waals surface area (Å²) in [5.74, 6) is -0.860. The summed E-state index contributed by atoms with van der Waals surface area (Å²) in [6.45, 7) is 15.3. The van der Waals surface area contributed by atoms with Gasteiger partial charge in [0.05, 0.1) is 37.7 Å². The molecule has 3 aliphatic heterocycles. The molecule has 0 spiro atoms. The van der Waals surface area contributed by atoms with Crippen LogP contribution in [0.5, 0.6) is 11.8 Å². The number of aromatic nitrogens is 2. The number of esters is 1. The molecule has 2 unspecified atom stereocenters. The van der Waals surface area contributed by atoms with Gasteiger partial charge in [0, 0.05) is 36.0 Å². The highest BCUT2D eigenvalue weighted by molar-refractivity contribution is 7.23. The van der Waals surface area contributed by atoms with Gasteiger partial charge in [-0.1, -0.05) is 82.9 Å². The number of nitrogens with zero attached hydrogens (tertiary/aromatic N) is 4. The molecule has 64 heavy (non-hydrogen) atoms. The van der Waals surface area contributed by atoms with Crippen LogP contribution in [0.4, 0.5) is 24.0 Å². The molecular formula is C49H66ClF3N6O4S. The van der Waals surface area contributed by atoms with Crippen molar-refractivity contribution in [2.75, 3.05) is 37.1 Å². The number of halogens is 4. The van der Waals surface area contributed by atoms with Crippen LogP contribution < -0.4 is 25.4 Å². The van der Waals surface area contributed by atoms with Gasteiger partial charge < -0.3 is 30.2 Å². The number of anilines is 2. The van der Waals surface area contributed by atoms with Crippen molar-refractivity contribution in [3.05, 3.63) is 45.6 Å². The maximum Gasteiger partial charge on any atom is 0.319 e. The van der Waals surface area contributed by atoms with E-state index in [1.165, 1.54) is 50.7 Å². The third-order valence-electron chi connectivity index (χ3n) is 14.1. The molecule has 2 aromatic carbocycles. The number of fused-ring (bicyclic) bond motifs is 2. The van der Waals surface area contributed by atoms with E-state index in [0.717, 1.165) is 61.3 Å². The lowest BCUT2D eigenvalue weighted by Crippen LogP contribution is -2.49. The summed E-state index contributed by atoms with van der Waals surface area (Å²) in [6.07, 6.45) is 12.1. The number of rotatable bonds is 20.